The Labute approximate surface area is 133 Å². The van der Waals surface area contributed by atoms with Crippen molar-refractivity contribution < 1.29 is 29.6 Å². The number of carboxylic acid groups (broad SMARTS) is 1. The number of aliphatic carboxylic acids is 1. The number of hydrogen-bond acceptors (Lipinski definition) is 5. The lowest BCUT2D eigenvalue weighted by Gasteiger charge is -2.17. The molecule has 0 bridgehead atoms. The van der Waals surface area contributed by atoms with Crippen LogP contribution in [0.15, 0.2) is 48.5 Å². The van der Waals surface area contributed by atoms with E-state index in [9.17, 15) is 15.0 Å². The second-order valence-electron chi connectivity index (χ2n) is 4.91. The molecule has 2 unspecified atom stereocenters. The Hall–Kier alpha value is -2.57. The predicted molar refractivity (Wildman–Crippen MR) is 82.4 cm³/mol. The van der Waals surface area contributed by atoms with E-state index in [1.54, 1.807) is 6.07 Å². The van der Waals surface area contributed by atoms with Crippen LogP contribution in [0, 0.1) is 0 Å². The van der Waals surface area contributed by atoms with Gasteiger partial charge in [-0.15, -0.1) is 0 Å². The number of carbonyl (C=O) groups is 1. The molecular weight excluding hydrogens is 300 g/mol. The summed E-state index contributed by atoms with van der Waals surface area (Å²) in [4.78, 5) is 10.7. The third kappa shape index (κ3) is 4.21. The molecule has 0 amide bonds. The van der Waals surface area contributed by atoms with Gasteiger partial charge < -0.3 is 24.8 Å². The summed E-state index contributed by atoms with van der Waals surface area (Å²) in [7, 11) is 1.44. The molecule has 0 fully saturated rings. The molecule has 2 aromatic carbocycles. The third-order valence-electron chi connectivity index (χ3n) is 3.32. The maximum absolute atomic E-state index is 10.7. The fourth-order valence-corrected chi connectivity index (χ4v) is 2.04. The van der Waals surface area contributed by atoms with Gasteiger partial charge in [0.05, 0.1) is 7.11 Å². The zero-order valence-electron chi connectivity index (χ0n) is 12.5. The van der Waals surface area contributed by atoms with Crippen LogP contribution in [0.4, 0.5) is 0 Å². The minimum atomic E-state index is -1.91. The molecule has 0 radical (unpaired) electrons. The van der Waals surface area contributed by atoms with E-state index in [-0.39, 0.29) is 5.56 Å². The normalized spacial score (nSPS) is 13.2. The molecular formula is C17H18O6. The Morgan fingerprint density at radius 3 is 2.39 bits per heavy atom. The quantitative estimate of drug-likeness (QED) is 0.720. The summed E-state index contributed by atoms with van der Waals surface area (Å²) in [5.74, 6) is -0.701. The molecule has 2 aromatic rings. The van der Waals surface area contributed by atoms with Crippen molar-refractivity contribution in [3.8, 4) is 11.5 Å². The van der Waals surface area contributed by atoms with E-state index < -0.39 is 18.2 Å². The molecule has 3 N–H and O–H groups in total. The molecule has 0 aliphatic carbocycles. The van der Waals surface area contributed by atoms with E-state index in [1.807, 2.05) is 30.3 Å². The van der Waals surface area contributed by atoms with Crippen molar-refractivity contribution in [1.82, 2.24) is 0 Å². The Bertz CT molecular complexity index is 655. The highest BCUT2D eigenvalue weighted by atomic mass is 16.5. The maximum atomic E-state index is 10.7. The lowest BCUT2D eigenvalue weighted by Crippen LogP contribution is -2.27. The second kappa shape index (κ2) is 7.62. The topological polar surface area (TPSA) is 96.2 Å². The molecule has 0 saturated heterocycles. The monoisotopic (exact) mass is 318 g/mol. The summed E-state index contributed by atoms with van der Waals surface area (Å²) in [5.41, 5.74) is 1.21. The standard InChI is InChI=1S/C17H18O6/c1-22-14-9-12(15(18)16(19)17(20)21)7-8-13(14)23-10-11-5-3-2-4-6-11/h2-9,15-16,18-19H,10H2,1H3,(H,20,21). The number of benzene rings is 2. The molecule has 0 aromatic heterocycles. The smallest absolute Gasteiger partial charge is 0.335 e. The van der Waals surface area contributed by atoms with E-state index in [2.05, 4.69) is 0 Å². The summed E-state index contributed by atoms with van der Waals surface area (Å²) >= 11 is 0. The summed E-state index contributed by atoms with van der Waals surface area (Å²) in [5, 5.41) is 28.0. The van der Waals surface area contributed by atoms with Crippen molar-refractivity contribution in [2.75, 3.05) is 7.11 Å². The van der Waals surface area contributed by atoms with Gasteiger partial charge in [-0.05, 0) is 23.3 Å². The van der Waals surface area contributed by atoms with Crippen LogP contribution in [0.2, 0.25) is 0 Å². The van der Waals surface area contributed by atoms with Crippen molar-refractivity contribution in [2.45, 2.75) is 18.8 Å². The average Bonchev–Trinajstić information content (AvgIpc) is 2.59. The fraction of sp³-hybridized carbons (Fsp3) is 0.235. The van der Waals surface area contributed by atoms with Gasteiger partial charge in [-0.2, -0.15) is 0 Å². The summed E-state index contributed by atoms with van der Waals surface area (Å²) in [6.07, 6.45) is -3.46. The number of aliphatic hydroxyl groups excluding tert-OH is 2. The van der Waals surface area contributed by atoms with Crippen LogP contribution in [-0.4, -0.2) is 34.5 Å². The minimum absolute atomic E-state index is 0.226. The van der Waals surface area contributed by atoms with Crippen LogP contribution >= 0.6 is 0 Å². The van der Waals surface area contributed by atoms with Gasteiger partial charge in [0.2, 0.25) is 0 Å². The number of ether oxygens (including phenoxy) is 2. The first-order chi connectivity index (χ1) is 11.0. The molecule has 0 saturated carbocycles. The van der Waals surface area contributed by atoms with Crippen LogP contribution < -0.4 is 9.47 Å². The van der Waals surface area contributed by atoms with Gasteiger partial charge in [0.25, 0.3) is 0 Å². The Kier molecular flexibility index (Phi) is 5.56. The van der Waals surface area contributed by atoms with Crippen molar-refractivity contribution in [1.29, 1.82) is 0 Å². The molecule has 0 spiro atoms. The van der Waals surface area contributed by atoms with E-state index in [4.69, 9.17) is 14.6 Å². The SMILES string of the molecule is COc1cc(C(O)C(O)C(=O)O)ccc1OCc1ccccc1. The van der Waals surface area contributed by atoms with Crippen molar-refractivity contribution >= 4 is 5.97 Å². The van der Waals surface area contributed by atoms with Gasteiger partial charge in [0, 0.05) is 0 Å². The molecule has 122 valence electrons. The van der Waals surface area contributed by atoms with E-state index in [0.29, 0.717) is 18.1 Å². The van der Waals surface area contributed by atoms with Crippen molar-refractivity contribution in [2.24, 2.45) is 0 Å². The average molecular weight is 318 g/mol. The van der Waals surface area contributed by atoms with E-state index >= 15 is 0 Å². The number of carboxylic acids is 1. The first-order valence-corrected chi connectivity index (χ1v) is 6.96. The van der Waals surface area contributed by atoms with Crippen molar-refractivity contribution in [3.63, 3.8) is 0 Å². The molecule has 0 aliphatic rings. The number of rotatable bonds is 7. The van der Waals surface area contributed by atoms with Crippen LogP contribution in [0.1, 0.15) is 17.2 Å². The fourth-order valence-electron chi connectivity index (χ4n) is 2.04. The van der Waals surface area contributed by atoms with Crippen LogP contribution in [-0.2, 0) is 11.4 Å². The predicted octanol–water partition coefficient (Wildman–Crippen LogP) is 1.75. The summed E-state index contributed by atoms with van der Waals surface area (Å²) in [6.45, 7) is 0.344. The first kappa shape index (κ1) is 16.8. The number of hydrogen-bond donors (Lipinski definition) is 3. The highest BCUT2D eigenvalue weighted by Gasteiger charge is 2.26. The highest BCUT2D eigenvalue weighted by Crippen LogP contribution is 2.31. The zero-order valence-corrected chi connectivity index (χ0v) is 12.5. The Morgan fingerprint density at radius 1 is 1.09 bits per heavy atom. The van der Waals surface area contributed by atoms with Crippen molar-refractivity contribution in [3.05, 3.63) is 59.7 Å². The maximum Gasteiger partial charge on any atom is 0.335 e. The molecule has 23 heavy (non-hydrogen) atoms. The van der Waals surface area contributed by atoms with Gasteiger partial charge in [0.1, 0.15) is 12.7 Å². The number of aliphatic hydroxyl groups is 2. The summed E-state index contributed by atoms with van der Waals surface area (Å²) < 4.78 is 10.9. The van der Waals surface area contributed by atoms with Gasteiger partial charge in [-0.3, -0.25) is 0 Å². The molecule has 6 heteroatoms. The number of methoxy groups -OCH3 is 1. The second-order valence-corrected chi connectivity index (χ2v) is 4.91. The molecule has 2 atom stereocenters. The lowest BCUT2D eigenvalue weighted by atomic mass is 10.0. The first-order valence-electron chi connectivity index (χ1n) is 6.96. The third-order valence-corrected chi connectivity index (χ3v) is 3.32. The molecule has 0 heterocycles. The minimum Gasteiger partial charge on any atom is -0.493 e. The Morgan fingerprint density at radius 2 is 1.78 bits per heavy atom. The van der Waals surface area contributed by atoms with Crippen LogP contribution in [0.5, 0.6) is 11.5 Å². The van der Waals surface area contributed by atoms with E-state index in [1.165, 1.54) is 19.2 Å². The van der Waals surface area contributed by atoms with E-state index in [0.717, 1.165) is 5.56 Å². The molecule has 0 aliphatic heterocycles. The zero-order chi connectivity index (χ0) is 16.8. The Balaban J connectivity index is 2.14. The van der Waals surface area contributed by atoms with Gasteiger partial charge in [0.15, 0.2) is 17.6 Å². The lowest BCUT2D eigenvalue weighted by molar-refractivity contribution is -0.153. The van der Waals surface area contributed by atoms with Crippen LogP contribution in [0.3, 0.4) is 0 Å². The summed E-state index contributed by atoms with van der Waals surface area (Å²) in [6, 6.07) is 14.1. The van der Waals surface area contributed by atoms with Gasteiger partial charge >= 0.3 is 5.97 Å². The molecule has 2 rings (SSSR count). The van der Waals surface area contributed by atoms with Gasteiger partial charge in [-0.25, -0.2) is 4.79 Å². The highest BCUT2D eigenvalue weighted by molar-refractivity contribution is 5.73. The van der Waals surface area contributed by atoms with Gasteiger partial charge in [-0.1, -0.05) is 36.4 Å². The van der Waals surface area contributed by atoms with Crippen LogP contribution in [0.25, 0.3) is 0 Å². The largest absolute Gasteiger partial charge is 0.493 e. The molecule has 6 nitrogen and oxygen atoms in total.